The Labute approximate surface area is 82.0 Å². The normalized spacial score (nSPS) is 11.3. The molecule has 0 heterocycles. The van der Waals surface area contributed by atoms with Gasteiger partial charge in [-0.3, -0.25) is 14.4 Å². The van der Waals surface area contributed by atoms with Gasteiger partial charge in [0.2, 0.25) is 11.8 Å². The van der Waals surface area contributed by atoms with Crippen molar-refractivity contribution in [1.82, 2.24) is 10.6 Å². The van der Waals surface area contributed by atoms with Crippen molar-refractivity contribution >= 4 is 18.3 Å². The Hall–Kier alpha value is -1.59. The smallest absolute Gasteiger partial charge is 0.293 e. The molecule has 0 aliphatic rings. The van der Waals surface area contributed by atoms with E-state index >= 15 is 0 Å². The maximum atomic E-state index is 11.1. The van der Waals surface area contributed by atoms with Gasteiger partial charge in [0, 0.05) is 6.92 Å². The molecule has 0 spiro atoms. The summed E-state index contributed by atoms with van der Waals surface area (Å²) in [5.41, 5.74) is 0. The fourth-order valence-corrected chi connectivity index (χ4v) is 0.743. The zero-order chi connectivity index (χ0) is 11.0. The van der Waals surface area contributed by atoms with E-state index in [-0.39, 0.29) is 24.9 Å². The Kier molecular flexibility index (Phi) is 6.09. The Bertz CT molecular complexity index is 217. The molecule has 1 unspecified atom stereocenters. The average molecular weight is 202 g/mol. The van der Waals surface area contributed by atoms with Crippen LogP contribution in [0.3, 0.4) is 0 Å². The minimum absolute atomic E-state index is 0.0817. The second kappa shape index (κ2) is 6.88. The predicted octanol–water partition coefficient (Wildman–Crippen LogP) is -0.852. The van der Waals surface area contributed by atoms with Crippen LogP contribution < -0.4 is 10.6 Å². The molecule has 0 saturated carbocycles. The molecule has 0 aliphatic heterocycles. The summed E-state index contributed by atoms with van der Waals surface area (Å²) in [7, 11) is 0. The number of ether oxygens (including phenoxy) is 1. The van der Waals surface area contributed by atoms with E-state index in [1.165, 1.54) is 6.92 Å². The number of nitrogens with one attached hydrogen (secondary N) is 2. The molecule has 6 heteroatoms. The molecule has 0 aromatic rings. The summed E-state index contributed by atoms with van der Waals surface area (Å²) in [6.45, 7) is 3.34. The third-order valence-electron chi connectivity index (χ3n) is 1.38. The SMILES string of the molecule is CC(=O)NCNC(=O)CC(C)OC=O. The summed E-state index contributed by atoms with van der Waals surface area (Å²) in [6.07, 6.45) is -0.372. The van der Waals surface area contributed by atoms with Crippen molar-refractivity contribution in [1.29, 1.82) is 0 Å². The van der Waals surface area contributed by atoms with Crippen LogP contribution in [0, 0.1) is 0 Å². The summed E-state index contributed by atoms with van der Waals surface area (Å²) >= 11 is 0. The van der Waals surface area contributed by atoms with Gasteiger partial charge in [-0.25, -0.2) is 0 Å². The first kappa shape index (κ1) is 12.4. The molecule has 6 nitrogen and oxygen atoms in total. The van der Waals surface area contributed by atoms with Crippen molar-refractivity contribution in [2.24, 2.45) is 0 Å². The summed E-state index contributed by atoms with van der Waals surface area (Å²) < 4.78 is 4.51. The molecule has 0 aromatic heterocycles. The zero-order valence-electron chi connectivity index (χ0n) is 8.20. The number of hydrogen-bond donors (Lipinski definition) is 2. The molecule has 2 N–H and O–H groups in total. The van der Waals surface area contributed by atoms with Gasteiger partial charge in [-0.2, -0.15) is 0 Å². The van der Waals surface area contributed by atoms with Crippen LogP contribution in [0.2, 0.25) is 0 Å². The molecule has 0 rings (SSSR count). The maximum Gasteiger partial charge on any atom is 0.293 e. The van der Waals surface area contributed by atoms with E-state index in [0.717, 1.165) is 0 Å². The van der Waals surface area contributed by atoms with Gasteiger partial charge < -0.3 is 15.4 Å². The lowest BCUT2D eigenvalue weighted by atomic mass is 10.3. The molecule has 80 valence electrons. The quantitative estimate of drug-likeness (QED) is 0.434. The van der Waals surface area contributed by atoms with Crippen molar-refractivity contribution in [2.45, 2.75) is 26.4 Å². The fraction of sp³-hybridized carbons (Fsp3) is 0.625. The van der Waals surface area contributed by atoms with Gasteiger partial charge in [0.05, 0.1) is 13.1 Å². The Morgan fingerprint density at radius 3 is 2.57 bits per heavy atom. The van der Waals surface area contributed by atoms with Gasteiger partial charge in [-0.05, 0) is 6.92 Å². The molecule has 0 saturated heterocycles. The van der Waals surface area contributed by atoms with E-state index in [2.05, 4.69) is 15.4 Å². The van der Waals surface area contributed by atoms with Crippen molar-refractivity contribution in [3.8, 4) is 0 Å². The Morgan fingerprint density at radius 2 is 2.07 bits per heavy atom. The minimum atomic E-state index is -0.454. The highest BCUT2D eigenvalue weighted by Gasteiger charge is 2.08. The highest BCUT2D eigenvalue weighted by Crippen LogP contribution is 1.93. The third kappa shape index (κ3) is 7.08. The highest BCUT2D eigenvalue weighted by molar-refractivity contribution is 5.77. The number of rotatable bonds is 6. The molecule has 0 radical (unpaired) electrons. The molecule has 0 fully saturated rings. The van der Waals surface area contributed by atoms with E-state index in [1.54, 1.807) is 6.92 Å². The fourth-order valence-electron chi connectivity index (χ4n) is 0.743. The molecular formula is C8H14N2O4. The first-order valence-corrected chi connectivity index (χ1v) is 4.16. The van der Waals surface area contributed by atoms with Gasteiger partial charge in [0.25, 0.3) is 6.47 Å². The molecule has 0 bridgehead atoms. The van der Waals surface area contributed by atoms with Crippen molar-refractivity contribution in [3.63, 3.8) is 0 Å². The monoisotopic (exact) mass is 202 g/mol. The summed E-state index contributed by atoms with van der Waals surface area (Å²) in [6, 6.07) is 0. The Balaban J connectivity index is 3.54. The van der Waals surface area contributed by atoms with E-state index in [9.17, 15) is 14.4 Å². The molecule has 1 atom stereocenters. The minimum Gasteiger partial charge on any atom is -0.464 e. The van der Waals surface area contributed by atoms with Gasteiger partial charge in [0.15, 0.2) is 0 Å². The van der Waals surface area contributed by atoms with Gasteiger partial charge in [0.1, 0.15) is 6.10 Å². The maximum absolute atomic E-state index is 11.1. The number of carbonyl (C=O) groups is 3. The second-order valence-electron chi connectivity index (χ2n) is 2.76. The Morgan fingerprint density at radius 1 is 1.43 bits per heavy atom. The predicted molar refractivity (Wildman–Crippen MR) is 48.1 cm³/mol. The van der Waals surface area contributed by atoms with E-state index in [4.69, 9.17) is 0 Å². The van der Waals surface area contributed by atoms with Crippen LogP contribution in [0.4, 0.5) is 0 Å². The highest BCUT2D eigenvalue weighted by atomic mass is 16.5. The van der Waals surface area contributed by atoms with Crippen molar-refractivity contribution in [2.75, 3.05) is 6.67 Å². The van der Waals surface area contributed by atoms with Gasteiger partial charge in [-0.15, -0.1) is 0 Å². The largest absolute Gasteiger partial charge is 0.464 e. The lowest BCUT2D eigenvalue weighted by molar-refractivity contribution is -0.135. The molecular weight excluding hydrogens is 188 g/mol. The first-order valence-electron chi connectivity index (χ1n) is 4.16. The molecule has 2 amide bonds. The summed E-state index contributed by atoms with van der Waals surface area (Å²) in [5, 5.41) is 4.84. The summed E-state index contributed by atoms with van der Waals surface area (Å²) in [5.74, 6) is -0.504. The van der Waals surface area contributed by atoms with Crippen LogP contribution >= 0.6 is 0 Å². The van der Waals surface area contributed by atoms with Crippen molar-refractivity contribution in [3.05, 3.63) is 0 Å². The van der Waals surface area contributed by atoms with Crippen LogP contribution in [0.25, 0.3) is 0 Å². The summed E-state index contributed by atoms with van der Waals surface area (Å²) in [4.78, 5) is 31.4. The number of hydrogen-bond acceptors (Lipinski definition) is 4. The molecule has 14 heavy (non-hydrogen) atoms. The molecule has 0 aromatic carbocycles. The van der Waals surface area contributed by atoms with E-state index in [0.29, 0.717) is 6.47 Å². The standard InChI is InChI=1S/C8H14N2O4/c1-6(14-5-11)3-8(13)10-4-9-7(2)12/h5-6H,3-4H2,1-2H3,(H,9,12)(H,10,13). The van der Waals surface area contributed by atoms with Crippen LogP contribution in [-0.2, 0) is 19.1 Å². The second-order valence-corrected chi connectivity index (χ2v) is 2.76. The average Bonchev–Trinajstić information content (AvgIpc) is 2.03. The number of carbonyl (C=O) groups excluding carboxylic acids is 3. The lowest BCUT2D eigenvalue weighted by Gasteiger charge is -2.09. The topological polar surface area (TPSA) is 84.5 Å². The van der Waals surface area contributed by atoms with Crippen LogP contribution in [0.5, 0.6) is 0 Å². The molecule has 0 aliphatic carbocycles. The van der Waals surface area contributed by atoms with Gasteiger partial charge in [-0.1, -0.05) is 0 Å². The third-order valence-corrected chi connectivity index (χ3v) is 1.38. The zero-order valence-corrected chi connectivity index (χ0v) is 8.20. The van der Waals surface area contributed by atoms with Crippen LogP contribution in [0.15, 0.2) is 0 Å². The van der Waals surface area contributed by atoms with Crippen LogP contribution in [-0.4, -0.2) is 31.1 Å². The lowest BCUT2D eigenvalue weighted by Crippen LogP contribution is -2.37. The van der Waals surface area contributed by atoms with E-state index < -0.39 is 6.10 Å². The van der Waals surface area contributed by atoms with Crippen LogP contribution in [0.1, 0.15) is 20.3 Å². The van der Waals surface area contributed by atoms with E-state index in [1.807, 2.05) is 0 Å². The first-order chi connectivity index (χ1) is 6.56. The van der Waals surface area contributed by atoms with Gasteiger partial charge >= 0.3 is 0 Å². The van der Waals surface area contributed by atoms with Crippen molar-refractivity contribution < 1.29 is 19.1 Å². The number of amides is 2.